The topological polar surface area (TPSA) is 30.9 Å². The molecule has 1 aromatic heterocycles. The van der Waals surface area contributed by atoms with E-state index in [9.17, 15) is 0 Å². The van der Waals surface area contributed by atoms with Crippen molar-refractivity contribution in [1.82, 2.24) is 4.57 Å². The van der Waals surface area contributed by atoms with Gasteiger partial charge in [0.2, 0.25) is 0 Å². The Balaban J connectivity index is 2.16. The minimum absolute atomic E-state index is 0.217. The number of benzene rings is 1. The van der Waals surface area contributed by atoms with Crippen molar-refractivity contribution >= 4 is 0 Å². The van der Waals surface area contributed by atoms with Crippen molar-refractivity contribution in [2.24, 2.45) is 5.73 Å². The highest BCUT2D eigenvalue weighted by Gasteiger charge is 2.12. The first-order chi connectivity index (χ1) is 8.50. The molecule has 0 fully saturated rings. The molecule has 1 heterocycles. The lowest BCUT2D eigenvalue weighted by Crippen LogP contribution is -2.11. The van der Waals surface area contributed by atoms with Gasteiger partial charge in [-0.15, -0.1) is 0 Å². The van der Waals surface area contributed by atoms with Gasteiger partial charge in [0.15, 0.2) is 0 Å². The normalized spacial score (nSPS) is 11.8. The van der Waals surface area contributed by atoms with Crippen molar-refractivity contribution in [1.29, 1.82) is 0 Å². The van der Waals surface area contributed by atoms with Crippen molar-refractivity contribution in [3.05, 3.63) is 59.4 Å². The molecule has 2 nitrogen and oxygen atoms in total. The van der Waals surface area contributed by atoms with E-state index in [1.165, 1.54) is 16.8 Å². The SMILES string of the molecule is CC(C)(C)c1ccc(Cn2cccc2CN)cc1. The van der Waals surface area contributed by atoms with Gasteiger partial charge in [0.25, 0.3) is 0 Å². The van der Waals surface area contributed by atoms with E-state index in [1.807, 2.05) is 6.07 Å². The van der Waals surface area contributed by atoms with Crippen LogP contribution < -0.4 is 5.73 Å². The third-order valence-electron chi connectivity index (χ3n) is 3.31. The quantitative estimate of drug-likeness (QED) is 0.879. The minimum atomic E-state index is 0.217. The van der Waals surface area contributed by atoms with Crippen LogP contribution >= 0.6 is 0 Å². The summed E-state index contributed by atoms with van der Waals surface area (Å²) in [6, 6.07) is 13.0. The van der Waals surface area contributed by atoms with Gasteiger partial charge in [0.05, 0.1) is 0 Å². The maximum absolute atomic E-state index is 5.71. The Morgan fingerprint density at radius 1 is 1.06 bits per heavy atom. The summed E-state index contributed by atoms with van der Waals surface area (Å²) in [7, 11) is 0. The fourth-order valence-corrected chi connectivity index (χ4v) is 2.10. The molecular weight excluding hydrogens is 220 g/mol. The number of hydrogen-bond donors (Lipinski definition) is 1. The zero-order valence-corrected chi connectivity index (χ0v) is 11.5. The Labute approximate surface area is 109 Å². The van der Waals surface area contributed by atoms with Crippen LogP contribution in [0.3, 0.4) is 0 Å². The molecule has 0 spiro atoms. The van der Waals surface area contributed by atoms with E-state index in [1.54, 1.807) is 0 Å². The highest BCUT2D eigenvalue weighted by molar-refractivity contribution is 5.28. The number of rotatable bonds is 3. The zero-order valence-electron chi connectivity index (χ0n) is 11.5. The maximum atomic E-state index is 5.71. The summed E-state index contributed by atoms with van der Waals surface area (Å²) in [5.74, 6) is 0. The Kier molecular flexibility index (Phi) is 3.58. The third-order valence-corrected chi connectivity index (χ3v) is 3.31. The van der Waals surface area contributed by atoms with Crippen LogP contribution in [0.2, 0.25) is 0 Å². The molecule has 2 N–H and O–H groups in total. The summed E-state index contributed by atoms with van der Waals surface area (Å²) in [5.41, 5.74) is 9.79. The molecule has 0 atom stereocenters. The molecule has 0 saturated heterocycles. The Morgan fingerprint density at radius 3 is 2.28 bits per heavy atom. The van der Waals surface area contributed by atoms with Crippen molar-refractivity contribution in [3.63, 3.8) is 0 Å². The van der Waals surface area contributed by atoms with Gasteiger partial charge in [0, 0.05) is 25.0 Å². The van der Waals surface area contributed by atoms with Crippen LogP contribution in [-0.2, 0) is 18.5 Å². The summed E-state index contributed by atoms with van der Waals surface area (Å²) in [5, 5.41) is 0. The summed E-state index contributed by atoms with van der Waals surface area (Å²) >= 11 is 0. The molecule has 2 heteroatoms. The van der Waals surface area contributed by atoms with Gasteiger partial charge in [0.1, 0.15) is 0 Å². The minimum Gasteiger partial charge on any atom is -0.346 e. The molecule has 0 unspecified atom stereocenters. The molecule has 0 bridgehead atoms. The summed E-state index contributed by atoms with van der Waals surface area (Å²) in [6.45, 7) is 8.19. The molecule has 0 aliphatic rings. The Morgan fingerprint density at radius 2 is 1.72 bits per heavy atom. The molecule has 0 aliphatic carbocycles. The van der Waals surface area contributed by atoms with Crippen LogP contribution in [0.4, 0.5) is 0 Å². The summed E-state index contributed by atoms with van der Waals surface area (Å²) in [6.07, 6.45) is 2.08. The molecule has 0 amide bonds. The molecular formula is C16H22N2. The zero-order chi connectivity index (χ0) is 13.2. The van der Waals surface area contributed by atoms with Gasteiger partial charge >= 0.3 is 0 Å². The molecule has 18 heavy (non-hydrogen) atoms. The predicted molar refractivity (Wildman–Crippen MR) is 76.6 cm³/mol. The first-order valence-electron chi connectivity index (χ1n) is 6.44. The maximum Gasteiger partial charge on any atom is 0.0473 e. The van der Waals surface area contributed by atoms with Gasteiger partial charge in [-0.1, -0.05) is 45.0 Å². The van der Waals surface area contributed by atoms with Gasteiger partial charge in [-0.25, -0.2) is 0 Å². The van der Waals surface area contributed by atoms with Crippen LogP contribution in [-0.4, -0.2) is 4.57 Å². The number of aromatic nitrogens is 1. The number of hydrogen-bond acceptors (Lipinski definition) is 1. The van der Waals surface area contributed by atoms with Crippen LogP contribution in [0.1, 0.15) is 37.6 Å². The smallest absolute Gasteiger partial charge is 0.0473 e. The number of nitrogens with zero attached hydrogens (tertiary/aromatic N) is 1. The highest BCUT2D eigenvalue weighted by Crippen LogP contribution is 2.22. The molecule has 0 radical (unpaired) electrons. The Bertz CT molecular complexity index is 501. The van der Waals surface area contributed by atoms with Gasteiger partial charge < -0.3 is 10.3 Å². The van der Waals surface area contributed by atoms with Crippen LogP contribution in [0.15, 0.2) is 42.6 Å². The van der Waals surface area contributed by atoms with E-state index in [0.29, 0.717) is 6.54 Å². The molecule has 1 aromatic carbocycles. The van der Waals surface area contributed by atoms with E-state index in [0.717, 1.165) is 6.54 Å². The monoisotopic (exact) mass is 242 g/mol. The average Bonchev–Trinajstić information content (AvgIpc) is 2.76. The van der Waals surface area contributed by atoms with Crippen LogP contribution in [0, 0.1) is 0 Å². The van der Waals surface area contributed by atoms with E-state index in [4.69, 9.17) is 5.73 Å². The largest absolute Gasteiger partial charge is 0.346 e. The first-order valence-corrected chi connectivity index (χ1v) is 6.44. The summed E-state index contributed by atoms with van der Waals surface area (Å²) < 4.78 is 2.20. The predicted octanol–water partition coefficient (Wildman–Crippen LogP) is 3.29. The van der Waals surface area contributed by atoms with Crippen molar-refractivity contribution in [2.75, 3.05) is 0 Å². The average molecular weight is 242 g/mol. The van der Waals surface area contributed by atoms with E-state index in [2.05, 4.69) is 61.9 Å². The third kappa shape index (κ3) is 2.82. The van der Waals surface area contributed by atoms with E-state index in [-0.39, 0.29) is 5.41 Å². The van der Waals surface area contributed by atoms with Crippen molar-refractivity contribution in [2.45, 2.75) is 39.3 Å². The molecule has 0 aliphatic heterocycles. The van der Waals surface area contributed by atoms with Crippen LogP contribution in [0.25, 0.3) is 0 Å². The standard InChI is InChI=1S/C16H22N2/c1-16(2,3)14-8-6-13(7-9-14)12-18-10-4-5-15(18)11-17/h4-10H,11-12,17H2,1-3H3. The summed E-state index contributed by atoms with van der Waals surface area (Å²) in [4.78, 5) is 0. The van der Waals surface area contributed by atoms with Gasteiger partial charge in [-0.05, 0) is 28.7 Å². The lowest BCUT2D eigenvalue weighted by Gasteiger charge is -2.19. The lowest BCUT2D eigenvalue weighted by atomic mass is 9.87. The fraction of sp³-hybridized carbons (Fsp3) is 0.375. The van der Waals surface area contributed by atoms with Gasteiger partial charge in [-0.2, -0.15) is 0 Å². The first kappa shape index (κ1) is 12.9. The second-order valence-corrected chi connectivity index (χ2v) is 5.78. The van der Waals surface area contributed by atoms with Crippen LogP contribution in [0.5, 0.6) is 0 Å². The van der Waals surface area contributed by atoms with Gasteiger partial charge in [-0.3, -0.25) is 0 Å². The molecule has 2 aromatic rings. The second-order valence-electron chi connectivity index (χ2n) is 5.78. The fourth-order valence-electron chi connectivity index (χ4n) is 2.10. The van der Waals surface area contributed by atoms with E-state index < -0.39 is 0 Å². The second kappa shape index (κ2) is 4.99. The molecule has 96 valence electrons. The van der Waals surface area contributed by atoms with E-state index >= 15 is 0 Å². The Hall–Kier alpha value is -1.54. The lowest BCUT2D eigenvalue weighted by molar-refractivity contribution is 0.589. The highest BCUT2D eigenvalue weighted by atomic mass is 15.0. The molecule has 2 rings (SSSR count). The van der Waals surface area contributed by atoms with Crippen molar-refractivity contribution < 1.29 is 0 Å². The molecule has 0 saturated carbocycles. The van der Waals surface area contributed by atoms with Crippen molar-refractivity contribution in [3.8, 4) is 0 Å². The number of nitrogens with two attached hydrogens (primary N) is 1.